The molecule has 20 heavy (non-hydrogen) atoms. The minimum Gasteiger partial charge on any atom is -0.355 e. The molecule has 3 nitrogen and oxygen atoms in total. The van der Waals surface area contributed by atoms with Crippen LogP contribution >= 0.6 is 15.9 Å². The highest BCUT2D eigenvalue weighted by Gasteiger charge is 2.11. The van der Waals surface area contributed by atoms with E-state index >= 15 is 0 Å². The molecule has 0 bridgehead atoms. The highest BCUT2D eigenvalue weighted by Crippen LogP contribution is 2.24. The second-order valence-electron chi connectivity index (χ2n) is 5.48. The van der Waals surface area contributed by atoms with Crippen LogP contribution in [-0.2, 0) is 6.42 Å². The summed E-state index contributed by atoms with van der Waals surface area (Å²) in [5.41, 5.74) is 3.54. The molecular weight excluding hydrogens is 314 g/mol. The van der Waals surface area contributed by atoms with Gasteiger partial charge in [-0.25, -0.2) is 4.98 Å². The van der Waals surface area contributed by atoms with Crippen molar-refractivity contribution >= 4 is 21.9 Å². The molecule has 0 amide bonds. The zero-order valence-corrected chi connectivity index (χ0v) is 14.2. The Labute approximate surface area is 129 Å². The van der Waals surface area contributed by atoms with Crippen LogP contribution in [0.25, 0.3) is 5.69 Å². The summed E-state index contributed by atoms with van der Waals surface area (Å²) in [6.45, 7) is 9.53. The molecule has 0 aliphatic heterocycles. The van der Waals surface area contributed by atoms with Gasteiger partial charge in [0.1, 0.15) is 0 Å². The predicted molar refractivity (Wildman–Crippen MR) is 88.7 cm³/mol. The van der Waals surface area contributed by atoms with E-state index < -0.39 is 0 Å². The number of imidazole rings is 1. The fraction of sp³-hybridized carbons (Fsp3) is 0.438. The van der Waals surface area contributed by atoms with Crippen LogP contribution in [0.2, 0.25) is 0 Å². The molecule has 0 spiro atoms. The Bertz CT molecular complexity index is 587. The van der Waals surface area contributed by atoms with E-state index in [0.717, 1.165) is 29.1 Å². The standard InChI is InChI=1S/C16H22BrN3/c1-5-13-8-14(17)6-7-15(13)20-10-12(4)19-16(20)18-9-11(2)3/h6-8,10-11H,5,9H2,1-4H3,(H,18,19). The van der Waals surface area contributed by atoms with Gasteiger partial charge in [-0.15, -0.1) is 0 Å². The summed E-state index contributed by atoms with van der Waals surface area (Å²) in [6, 6.07) is 6.40. The van der Waals surface area contributed by atoms with Crippen molar-refractivity contribution in [3.63, 3.8) is 0 Å². The number of anilines is 1. The highest BCUT2D eigenvalue weighted by molar-refractivity contribution is 9.10. The van der Waals surface area contributed by atoms with E-state index in [4.69, 9.17) is 0 Å². The van der Waals surface area contributed by atoms with Gasteiger partial charge in [-0.2, -0.15) is 0 Å². The van der Waals surface area contributed by atoms with Crippen LogP contribution in [0, 0.1) is 12.8 Å². The summed E-state index contributed by atoms with van der Waals surface area (Å²) in [7, 11) is 0. The highest BCUT2D eigenvalue weighted by atomic mass is 79.9. The van der Waals surface area contributed by atoms with Crippen molar-refractivity contribution < 1.29 is 0 Å². The van der Waals surface area contributed by atoms with Gasteiger partial charge in [-0.05, 0) is 43.0 Å². The Morgan fingerprint density at radius 3 is 2.75 bits per heavy atom. The van der Waals surface area contributed by atoms with Gasteiger partial charge in [0.25, 0.3) is 0 Å². The molecule has 4 heteroatoms. The number of nitrogens with zero attached hydrogens (tertiary/aromatic N) is 2. The van der Waals surface area contributed by atoms with Gasteiger partial charge < -0.3 is 5.32 Å². The average Bonchev–Trinajstić information content (AvgIpc) is 2.77. The van der Waals surface area contributed by atoms with Crippen molar-refractivity contribution in [1.29, 1.82) is 0 Å². The van der Waals surface area contributed by atoms with E-state index in [-0.39, 0.29) is 0 Å². The molecule has 0 aliphatic carbocycles. The zero-order chi connectivity index (χ0) is 14.7. The van der Waals surface area contributed by atoms with Crippen LogP contribution in [-0.4, -0.2) is 16.1 Å². The van der Waals surface area contributed by atoms with Crippen molar-refractivity contribution in [1.82, 2.24) is 9.55 Å². The summed E-state index contributed by atoms with van der Waals surface area (Å²) in [6.07, 6.45) is 3.08. The SMILES string of the molecule is CCc1cc(Br)ccc1-n1cc(C)nc1NCC(C)C. The third-order valence-corrected chi connectivity index (χ3v) is 3.67. The maximum Gasteiger partial charge on any atom is 0.207 e. The molecule has 0 aliphatic rings. The van der Waals surface area contributed by atoms with Gasteiger partial charge in [0, 0.05) is 17.2 Å². The molecule has 0 radical (unpaired) electrons. The zero-order valence-electron chi connectivity index (χ0n) is 12.6. The lowest BCUT2D eigenvalue weighted by atomic mass is 10.1. The molecule has 1 N–H and O–H groups in total. The maximum atomic E-state index is 4.60. The maximum absolute atomic E-state index is 4.60. The fourth-order valence-corrected chi connectivity index (χ4v) is 2.58. The van der Waals surface area contributed by atoms with Gasteiger partial charge in [0.05, 0.1) is 11.4 Å². The molecule has 2 rings (SSSR count). The number of rotatable bonds is 5. The molecule has 0 saturated heterocycles. The number of halogens is 1. The molecule has 2 aromatic rings. The summed E-state index contributed by atoms with van der Waals surface area (Å²) in [4.78, 5) is 4.60. The van der Waals surface area contributed by atoms with E-state index in [9.17, 15) is 0 Å². The number of aryl methyl sites for hydroxylation is 2. The molecule has 1 aromatic carbocycles. The third kappa shape index (κ3) is 3.42. The molecule has 0 unspecified atom stereocenters. The van der Waals surface area contributed by atoms with Gasteiger partial charge in [-0.1, -0.05) is 36.7 Å². The summed E-state index contributed by atoms with van der Waals surface area (Å²) in [5.74, 6) is 1.52. The van der Waals surface area contributed by atoms with Crippen LogP contribution < -0.4 is 5.32 Å². The van der Waals surface area contributed by atoms with E-state index in [1.807, 2.05) is 6.92 Å². The first kappa shape index (κ1) is 15.1. The minimum absolute atomic E-state index is 0.594. The Morgan fingerprint density at radius 1 is 1.35 bits per heavy atom. The lowest BCUT2D eigenvalue weighted by Gasteiger charge is -2.14. The van der Waals surface area contributed by atoms with Crippen LogP contribution in [0.4, 0.5) is 5.95 Å². The Morgan fingerprint density at radius 2 is 2.10 bits per heavy atom. The number of nitrogens with one attached hydrogen (secondary N) is 1. The molecule has 0 fully saturated rings. The first-order chi connectivity index (χ1) is 9.51. The van der Waals surface area contributed by atoms with E-state index in [1.165, 1.54) is 11.3 Å². The lowest BCUT2D eigenvalue weighted by molar-refractivity contribution is 0.683. The predicted octanol–water partition coefficient (Wildman–Crippen LogP) is 4.57. The molecule has 108 valence electrons. The molecule has 1 aromatic heterocycles. The van der Waals surface area contributed by atoms with Crippen LogP contribution in [0.1, 0.15) is 32.0 Å². The smallest absolute Gasteiger partial charge is 0.207 e. The van der Waals surface area contributed by atoms with Crippen molar-refractivity contribution in [3.05, 3.63) is 40.1 Å². The summed E-state index contributed by atoms with van der Waals surface area (Å²) < 4.78 is 3.27. The first-order valence-electron chi connectivity index (χ1n) is 7.10. The average molecular weight is 336 g/mol. The number of benzene rings is 1. The molecule has 1 heterocycles. The topological polar surface area (TPSA) is 29.9 Å². The van der Waals surface area contributed by atoms with E-state index in [1.54, 1.807) is 0 Å². The second-order valence-corrected chi connectivity index (χ2v) is 6.39. The van der Waals surface area contributed by atoms with Crippen LogP contribution in [0.15, 0.2) is 28.9 Å². The van der Waals surface area contributed by atoms with Crippen LogP contribution in [0.3, 0.4) is 0 Å². The van der Waals surface area contributed by atoms with Gasteiger partial charge in [-0.3, -0.25) is 4.57 Å². The van der Waals surface area contributed by atoms with Crippen molar-refractivity contribution in [3.8, 4) is 5.69 Å². The van der Waals surface area contributed by atoms with Crippen molar-refractivity contribution in [2.75, 3.05) is 11.9 Å². The Hall–Kier alpha value is -1.29. The normalized spacial score (nSPS) is 11.1. The number of aromatic nitrogens is 2. The molecular formula is C16H22BrN3. The first-order valence-corrected chi connectivity index (χ1v) is 7.89. The number of hydrogen-bond donors (Lipinski definition) is 1. The van der Waals surface area contributed by atoms with E-state index in [2.05, 4.69) is 76.0 Å². The lowest BCUT2D eigenvalue weighted by Crippen LogP contribution is -2.12. The van der Waals surface area contributed by atoms with Crippen molar-refractivity contribution in [2.24, 2.45) is 5.92 Å². The van der Waals surface area contributed by atoms with Gasteiger partial charge in [0.15, 0.2) is 0 Å². The fourth-order valence-electron chi connectivity index (χ4n) is 2.17. The number of hydrogen-bond acceptors (Lipinski definition) is 2. The monoisotopic (exact) mass is 335 g/mol. The van der Waals surface area contributed by atoms with Crippen molar-refractivity contribution in [2.45, 2.75) is 34.1 Å². The Kier molecular flexibility index (Phi) is 4.86. The largest absolute Gasteiger partial charge is 0.355 e. The molecule has 0 atom stereocenters. The van der Waals surface area contributed by atoms with Gasteiger partial charge in [0.2, 0.25) is 5.95 Å². The van der Waals surface area contributed by atoms with Crippen LogP contribution in [0.5, 0.6) is 0 Å². The second kappa shape index (κ2) is 6.44. The summed E-state index contributed by atoms with van der Waals surface area (Å²) >= 11 is 3.54. The quantitative estimate of drug-likeness (QED) is 0.866. The third-order valence-electron chi connectivity index (χ3n) is 3.18. The minimum atomic E-state index is 0.594. The summed E-state index contributed by atoms with van der Waals surface area (Å²) in [5, 5.41) is 3.44. The molecule has 0 saturated carbocycles. The van der Waals surface area contributed by atoms with Gasteiger partial charge >= 0.3 is 0 Å². The van der Waals surface area contributed by atoms with E-state index in [0.29, 0.717) is 5.92 Å². The Balaban J connectivity index is 2.41.